The Labute approximate surface area is 206 Å². The molecule has 10 heteroatoms. The van der Waals surface area contributed by atoms with Crippen molar-refractivity contribution in [2.24, 2.45) is 5.73 Å². The van der Waals surface area contributed by atoms with E-state index >= 15 is 0 Å². The van der Waals surface area contributed by atoms with Crippen molar-refractivity contribution in [1.29, 1.82) is 0 Å². The molecule has 0 aliphatic carbocycles. The third-order valence-electron chi connectivity index (χ3n) is 4.65. The Morgan fingerprint density at radius 2 is 1.32 bits per heavy atom. The van der Waals surface area contributed by atoms with E-state index in [1.807, 2.05) is 60.7 Å². The average molecular weight is 493 g/mol. The van der Waals surface area contributed by atoms with Gasteiger partial charge in [-0.15, -0.1) is 12.4 Å². The summed E-state index contributed by atoms with van der Waals surface area (Å²) in [6.45, 7) is 1.23. The van der Waals surface area contributed by atoms with Gasteiger partial charge in [-0.05, 0) is 30.5 Å². The molecule has 2 aromatic carbocycles. The van der Waals surface area contributed by atoms with Gasteiger partial charge in [0, 0.05) is 25.6 Å². The molecule has 2 rings (SSSR count). The zero-order valence-electron chi connectivity index (χ0n) is 19.0. The predicted molar refractivity (Wildman–Crippen MR) is 131 cm³/mol. The standard InChI is InChI=1S/C24H32N4O5.ClH/c25-13-7-12-21(28-24(31)33-18-20-10-5-2-6-11-20)16-22(29)26-14-15-27-23(30)32-17-19-8-3-1-4-9-19;/h1-6,8-11,21H,7,12-18,25H2,(H,26,29)(H,27,30)(H,28,31);1H/t21-;/m0./s1. The van der Waals surface area contributed by atoms with Gasteiger partial charge in [-0.1, -0.05) is 60.7 Å². The minimum absolute atomic E-state index is 0. The second-order valence-corrected chi connectivity index (χ2v) is 7.38. The average Bonchev–Trinajstić information content (AvgIpc) is 2.84. The summed E-state index contributed by atoms with van der Waals surface area (Å²) in [4.78, 5) is 36.1. The van der Waals surface area contributed by atoms with Crippen molar-refractivity contribution in [3.8, 4) is 0 Å². The number of hydrogen-bond donors (Lipinski definition) is 4. The summed E-state index contributed by atoms with van der Waals surface area (Å²) in [6.07, 6.45) is 0.146. The van der Waals surface area contributed by atoms with Crippen molar-refractivity contribution in [3.63, 3.8) is 0 Å². The van der Waals surface area contributed by atoms with Crippen LogP contribution in [0, 0.1) is 0 Å². The minimum atomic E-state index is -0.587. The summed E-state index contributed by atoms with van der Waals surface area (Å²) in [6, 6.07) is 18.3. The normalized spacial score (nSPS) is 10.9. The maximum absolute atomic E-state index is 12.3. The van der Waals surface area contributed by atoms with Crippen molar-refractivity contribution in [1.82, 2.24) is 16.0 Å². The van der Waals surface area contributed by atoms with Gasteiger partial charge in [-0.2, -0.15) is 0 Å². The molecule has 0 saturated carbocycles. The molecule has 0 fully saturated rings. The summed E-state index contributed by atoms with van der Waals surface area (Å²) in [5.74, 6) is -0.250. The highest BCUT2D eigenvalue weighted by atomic mass is 35.5. The number of carbonyl (C=O) groups is 3. The molecule has 186 valence electrons. The van der Waals surface area contributed by atoms with E-state index < -0.39 is 18.2 Å². The van der Waals surface area contributed by atoms with Gasteiger partial charge < -0.3 is 31.2 Å². The lowest BCUT2D eigenvalue weighted by molar-refractivity contribution is -0.121. The van der Waals surface area contributed by atoms with Crippen LogP contribution in [0.5, 0.6) is 0 Å². The second-order valence-electron chi connectivity index (χ2n) is 7.38. The summed E-state index contributed by atoms with van der Waals surface area (Å²) in [5, 5.41) is 8.02. The van der Waals surface area contributed by atoms with E-state index in [0.717, 1.165) is 11.1 Å². The molecule has 0 bridgehead atoms. The lowest BCUT2D eigenvalue weighted by Crippen LogP contribution is -2.41. The summed E-state index contributed by atoms with van der Waals surface area (Å²) in [7, 11) is 0. The number of amides is 3. The molecular formula is C24H33ClN4O5. The SMILES string of the molecule is Cl.NCCC[C@@H](CC(=O)NCCNC(=O)OCc1ccccc1)NC(=O)OCc1ccccc1. The van der Waals surface area contributed by atoms with Crippen LogP contribution in [-0.2, 0) is 27.5 Å². The van der Waals surface area contributed by atoms with Gasteiger partial charge in [0.1, 0.15) is 13.2 Å². The quantitative estimate of drug-likeness (QED) is 0.318. The molecule has 1 atom stereocenters. The van der Waals surface area contributed by atoms with Crippen LogP contribution in [0.3, 0.4) is 0 Å². The highest BCUT2D eigenvalue weighted by Crippen LogP contribution is 2.05. The Hall–Kier alpha value is -3.30. The third kappa shape index (κ3) is 12.7. The van der Waals surface area contributed by atoms with Crippen molar-refractivity contribution >= 4 is 30.5 Å². The summed E-state index contributed by atoms with van der Waals surface area (Å²) < 4.78 is 10.3. The van der Waals surface area contributed by atoms with Crippen LogP contribution in [0.25, 0.3) is 0 Å². The molecule has 0 heterocycles. The number of hydrogen-bond acceptors (Lipinski definition) is 6. The maximum atomic E-state index is 12.3. The van der Waals surface area contributed by atoms with E-state index in [2.05, 4.69) is 16.0 Å². The van der Waals surface area contributed by atoms with Gasteiger partial charge in [-0.25, -0.2) is 9.59 Å². The highest BCUT2D eigenvalue weighted by Gasteiger charge is 2.17. The maximum Gasteiger partial charge on any atom is 0.407 e. The van der Waals surface area contributed by atoms with E-state index in [1.165, 1.54) is 0 Å². The largest absolute Gasteiger partial charge is 0.445 e. The fraction of sp³-hybridized carbons (Fsp3) is 0.375. The summed E-state index contributed by atoms with van der Waals surface area (Å²) >= 11 is 0. The molecular weight excluding hydrogens is 460 g/mol. The summed E-state index contributed by atoms with van der Waals surface area (Å²) in [5.41, 5.74) is 7.33. The van der Waals surface area contributed by atoms with Crippen molar-refractivity contribution in [3.05, 3.63) is 71.8 Å². The molecule has 0 aliphatic heterocycles. The van der Waals surface area contributed by atoms with Crippen molar-refractivity contribution in [2.75, 3.05) is 19.6 Å². The zero-order chi connectivity index (χ0) is 23.7. The number of carbonyl (C=O) groups excluding carboxylic acids is 3. The fourth-order valence-corrected chi connectivity index (χ4v) is 2.96. The van der Waals surface area contributed by atoms with Gasteiger partial charge in [-0.3, -0.25) is 4.79 Å². The zero-order valence-corrected chi connectivity index (χ0v) is 19.9. The lowest BCUT2D eigenvalue weighted by atomic mass is 10.1. The molecule has 3 amide bonds. The van der Waals surface area contributed by atoms with Gasteiger partial charge in [0.05, 0.1) is 0 Å². The first kappa shape index (κ1) is 28.7. The van der Waals surface area contributed by atoms with E-state index in [-0.39, 0.29) is 51.0 Å². The smallest absolute Gasteiger partial charge is 0.407 e. The molecule has 0 aromatic heterocycles. The van der Waals surface area contributed by atoms with Crippen LogP contribution < -0.4 is 21.7 Å². The number of halogens is 1. The number of nitrogens with one attached hydrogen (secondary N) is 3. The predicted octanol–water partition coefficient (Wildman–Crippen LogP) is 2.87. The van der Waals surface area contributed by atoms with Crippen molar-refractivity contribution < 1.29 is 23.9 Å². The van der Waals surface area contributed by atoms with Crippen LogP contribution in [-0.4, -0.2) is 43.8 Å². The number of rotatable bonds is 13. The Morgan fingerprint density at radius 1 is 0.794 bits per heavy atom. The first-order chi connectivity index (χ1) is 16.1. The monoisotopic (exact) mass is 492 g/mol. The van der Waals surface area contributed by atoms with Crippen LogP contribution >= 0.6 is 12.4 Å². The molecule has 9 nitrogen and oxygen atoms in total. The van der Waals surface area contributed by atoms with Crippen LogP contribution in [0.1, 0.15) is 30.4 Å². The molecule has 5 N–H and O–H groups in total. The number of benzene rings is 2. The van der Waals surface area contributed by atoms with Crippen LogP contribution in [0.4, 0.5) is 9.59 Å². The first-order valence-corrected chi connectivity index (χ1v) is 11.0. The fourth-order valence-electron chi connectivity index (χ4n) is 2.96. The molecule has 0 saturated heterocycles. The molecule has 0 radical (unpaired) electrons. The second kappa shape index (κ2) is 17.2. The van der Waals surface area contributed by atoms with Gasteiger partial charge in [0.25, 0.3) is 0 Å². The minimum Gasteiger partial charge on any atom is -0.445 e. The topological polar surface area (TPSA) is 132 Å². The third-order valence-corrected chi connectivity index (χ3v) is 4.65. The van der Waals surface area contributed by atoms with Gasteiger partial charge in [0.15, 0.2) is 0 Å². The number of ether oxygens (including phenoxy) is 2. The molecule has 0 unspecified atom stereocenters. The molecule has 0 spiro atoms. The molecule has 2 aromatic rings. The highest BCUT2D eigenvalue weighted by molar-refractivity contribution is 5.85. The van der Waals surface area contributed by atoms with Crippen LogP contribution in [0.2, 0.25) is 0 Å². The van der Waals surface area contributed by atoms with E-state index in [0.29, 0.717) is 19.4 Å². The van der Waals surface area contributed by atoms with Gasteiger partial charge >= 0.3 is 12.2 Å². The Balaban J connectivity index is 0.00000578. The van der Waals surface area contributed by atoms with E-state index in [1.54, 1.807) is 0 Å². The lowest BCUT2D eigenvalue weighted by Gasteiger charge is -2.18. The van der Waals surface area contributed by atoms with Gasteiger partial charge in [0.2, 0.25) is 5.91 Å². The van der Waals surface area contributed by atoms with Crippen LogP contribution in [0.15, 0.2) is 60.7 Å². The molecule has 34 heavy (non-hydrogen) atoms. The van der Waals surface area contributed by atoms with E-state index in [9.17, 15) is 14.4 Å². The first-order valence-electron chi connectivity index (χ1n) is 11.0. The number of nitrogens with two attached hydrogens (primary N) is 1. The molecule has 0 aliphatic rings. The van der Waals surface area contributed by atoms with Crippen molar-refractivity contribution in [2.45, 2.75) is 38.5 Å². The Morgan fingerprint density at radius 3 is 1.88 bits per heavy atom. The Bertz CT molecular complexity index is 855. The van der Waals surface area contributed by atoms with E-state index in [4.69, 9.17) is 15.2 Å². The Kier molecular flexibility index (Phi) is 14.5. The number of alkyl carbamates (subject to hydrolysis) is 2.